The zero-order valence-corrected chi connectivity index (χ0v) is 12.3. The largest absolute Gasteiger partial charge is 0.453 e. The predicted octanol–water partition coefficient (Wildman–Crippen LogP) is -2.06. The fraction of sp³-hybridized carbons (Fsp3) is 0.500. The smallest absolute Gasteiger partial charge is 0.320 e. The van der Waals surface area contributed by atoms with Crippen LogP contribution in [0.1, 0.15) is 0 Å². The predicted molar refractivity (Wildman–Crippen MR) is 75.0 cm³/mol. The lowest BCUT2D eigenvalue weighted by Crippen LogP contribution is -2.61. The van der Waals surface area contributed by atoms with Gasteiger partial charge in [-0.1, -0.05) is 12.1 Å². The van der Waals surface area contributed by atoms with Gasteiger partial charge in [0.05, 0.1) is 6.61 Å². The van der Waals surface area contributed by atoms with Crippen molar-refractivity contribution in [2.24, 2.45) is 0 Å². The van der Waals surface area contributed by atoms with Gasteiger partial charge in [-0.05, 0) is 12.1 Å². The summed E-state index contributed by atoms with van der Waals surface area (Å²) in [6, 6.07) is 6.16. The summed E-state index contributed by atoms with van der Waals surface area (Å²) < 4.78 is 15.7. The van der Waals surface area contributed by atoms with E-state index in [-0.39, 0.29) is 11.4 Å². The number of carbonyl (C=O) groups excluding carboxylic acids is 1. The number of para-hydroxylation sites is 2. The van der Waals surface area contributed by atoms with E-state index < -0.39 is 49.5 Å². The van der Waals surface area contributed by atoms with E-state index in [4.69, 9.17) is 19.3 Å². The summed E-state index contributed by atoms with van der Waals surface area (Å²) in [4.78, 5) is 12.1. The highest BCUT2D eigenvalue weighted by atomic mass is 16.8. The van der Waals surface area contributed by atoms with Gasteiger partial charge < -0.3 is 34.6 Å². The number of benzene rings is 1. The van der Waals surface area contributed by atoms with Gasteiger partial charge >= 0.3 is 5.91 Å². The Kier molecular flexibility index (Phi) is 4.69. The Hall–Kier alpha value is -1.79. The number of fused-ring (bicyclic) bond motifs is 1. The molecule has 1 aromatic carbocycles. The van der Waals surface area contributed by atoms with Crippen LogP contribution in [0, 0.1) is 0 Å². The molecule has 0 aliphatic carbocycles. The maximum atomic E-state index is 12.1. The molecule has 3 rings (SSSR count). The second-order valence-corrected chi connectivity index (χ2v) is 5.40. The Labute approximate surface area is 136 Å². The second kappa shape index (κ2) is 6.61. The fourth-order valence-electron chi connectivity index (χ4n) is 2.50. The van der Waals surface area contributed by atoms with Crippen molar-refractivity contribution in [2.75, 3.05) is 11.7 Å². The molecule has 132 valence electrons. The first kappa shape index (κ1) is 17.0. The molecule has 6 atom stereocenters. The van der Waals surface area contributed by atoms with Crippen LogP contribution in [-0.4, -0.2) is 75.1 Å². The Morgan fingerprint density at radius 1 is 1.12 bits per heavy atom. The Bertz CT molecular complexity index is 610. The Balaban J connectivity index is 1.77. The summed E-state index contributed by atoms with van der Waals surface area (Å²) in [5.41, 5.74) is 0.121. The van der Waals surface area contributed by atoms with Crippen molar-refractivity contribution >= 4 is 11.6 Å². The quantitative estimate of drug-likeness (QED) is 0.391. The molecule has 2 aliphatic heterocycles. The maximum absolute atomic E-state index is 12.1. The first-order valence-corrected chi connectivity index (χ1v) is 7.18. The second-order valence-electron chi connectivity index (χ2n) is 5.40. The van der Waals surface area contributed by atoms with Crippen molar-refractivity contribution in [3.8, 4) is 5.75 Å². The number of ether oxygens (including phenoxy) is 3. The average Bonchev–Trinajstić information content (AvgIpc) is 2.59. The highest BCUT2D eigenvalue weighted by Crippen LogP contribution is 2.34. The number of carbonyl (C=O) groups is 1. The molecule has 10 heteroatoms. The monoisotopic (exact) mass is 343 g/mol. The van der Waals surface area contributed by atoms with Crippen molar-refractivity contribution in [3.63, 3.8) is 0 Å². The standard InChI is InChI=1S/C14H17NO9/c16-5-8-9(17)10(18)11(19)13(23-8)24-14-12(20)15(21)6-3-1-2-4-7(6)22-14/h1-4,8-11,13-14,16-19,21H,5H2/t8-,9-,10+,11-,13-,14+/m1/s1. The van der Waals surface area contributed by atoms with Gasteiger partial charge in [-0.15, -0.1) is 0 Å². The summed E-state index contributed by atoms with van der Waals surface area (Å²) in [5.74, 6) is -0.806. The van der Waals surface area contributed by atoms with Gasteiger partial charge in [0.2, 0.25) is 0 Å². The van der Waals surface area contributed by atoms with Gasteiger partial charge in [-0.3, -0.25) is 10.0 Å². The van der Waals surface area contributed by atoms with Crippen LogP contribution in [0.15, 0.2) is 24.3 Å². The molecule has 5 N–H and O–H groups in total. The van der Waals surface area contributed by atoms with Crippen LogP contribution in [0.25, 0.3) is 0 Å². The highest BCUT2D eigenvalue weighted by Gasteiger charge is 2.47. The minimum absolute atomic E-state index is 0.121. The van der Waals surface area contributed by atoms with Gasteiger partial charge in [-0.25, -0.2) is 0 Å². The lowest BCUT2D eigenvalue weighted by Gasteiger charge is -2.41. The summed E-state index contributed by atoms with van der Waals surface area (Å²) in [6.07, 6.45) is -9.30. The molecule has 1 saturated heterocycles. The van der Waals surface area contributed by atoms with Crippen LogP contribution in [0.3, 0.4) is 0 Å². The van der Waals surface area contributed by atoms with Crippen LogP contribution >= 0.6 is 0 Å². The van der Waals surface area contributed by atoms with Crippen molar-refractivity contribution in [1.82, 2.24) is 0 Å². The summed E-state index contributed by atoms with van der Waals surface area (Å²) >= 11 is 0. The van der Waals surface area contributed by atoms with Gasteiger partial charge in [0.15, 0.2) is 6.29 Å². The zero-order valence-electron chi connectivity index (χ0n) is 12.3. The Morgan fingerprint density at radius 2 is 1.83 bits per heavy atom. The lowest BCUT2D eigenvalue weighted by atomic mass is 9.99. The summed E-state index contributed by atoms with van der Waals surface area (Å²) in [6.45, 7) is -0.640. The van der Waals surface area contributed by atoms with Gasteiger partial charge in [0.1, 0.15) is 35.9 Å². The van der Waals surface area contributed by atoms with E-state index >= 15 is 0 Å². The van der Waals surface area contributed by atoms with Crippen LogP contribution in [-0.2, 0) is 14.3 Å². The molecular weight excluding hydrogens is 326 g/mol. The molecule has 0 saturated carbocycles. The number of aliphatic hydroxyl groups excluding tert-OH is 4. The van der Waals surface area contributed by atoms with Crippen LogP contribution in [0.4, 0.5) is 5.69 Å². The topological polar surface area (TPSA) is 149 Å². The number of nitrogens with zero attached hydrogens (tertiary/aromatic N) is 1. The first-order chi connectivity index (χ1) is 11.4. The molecule has 0 bridgehead atoms. The van der Waals surface area contributed by atoms with E-state index in [0.717, 1.165) is 0 Å². The molecule has 0 aromatic heterocycles. The SMILES string of the molecule is O=C1[C@H](O[C@H]2O[C@H](CO)[C@@H](O)[C@H](O)[C@H]2O)Oc2ccccc2N1O. The molecule has 1 aromatic rings. The molecule has 2 heterocycles. The van der Waals surface area contributed by atoms with Gasteiger partial charge in [0, 0.05) is 0 Å². The molecule has 2 aliphatic rings. The molecule has 1 amide bonds. The minimum atomic E-state index is -1.69. The number of anilines is 1. The van der Waals surface area contributed by atoms with E-state index in [1.165, 1.54) is 12.1 Å². The zero-order chi connectivity index (χ0) is 17.4. The first-order valence-electron chi connectivity index (χ1n) is 7.18. The number of rotatable bonds is 3. The average molecular weight is 343 g/mol. The number of aliphatic hydroxyl groups is 4. The normalized spacial score (nSPS) is 36.2. The molecule has 0 unspecified atom stereocenters. The highest BCUT2D eigenvalue weighted by molar-refractivity contribution is 5.97. The molecule has 10 nitrogen and oxygen atoms in total. The lowest BCUT2D eigenvalue weighted by molar-refractivity contribution is -0.323. The van der Waals surface area contributed by atoms with E-state index in [2.05, 4.69) is 0 Å². The third-order valence-corrected chi connectivity index (χ3v) is 3.84. The molecule has 0 radical (unpaired) electrons. The maximum Gasteiger partial charge on any atom is 0.320 e. The summed E-state index contributed by atoms with van der Waals surface area (Å²) in [7, 11) is 0. The van der Waals surface area contributed by atoms with Crippen LogP contribution in [0.2, 0.25) is 0 Å². The molecule has 1 fully saturated rings. The van der Waals surface area contributed by atoms with Crippen molar-refractivity contribution in [3.05, 3.63) is 24.3 Å². The number of hydrogen-bond acceptors (Lipinski definition) is 9. The number of hydroxylamine groups is 1. The van der Waals surface area contributed by atoms with Gasteiger partial charge in [-0.2, -0.15) is 5.06 Å². The van der Waals surface area contributed by atoms with Crippen molar-refractivity contribution in [1.29, 1.82) is 0 Å². The molecule has 24 heavy (non-hydrogen) atoms. The third-order valence-electron chi connectivity index (χ3n) is 3.84. The number of amides is 1. The van der Waals surface area contributed by atoms with Gasteiger partial charge in [0.25, 0.3) is 6.29 Å². The molecular formula is C14H17NO9. The van der Waals surface area contributed by atoms with Crippen LogP contribution in [0.5, 0.6) is 5.75 Å². The van der Waals surface area contributed by atoms with Crippen molar-refractivity contribution in [2.45, 2.75) is 37.0 Å². The third kappa shape index (κ3) is 2.84. The van der Waals surface area contributed by atoms with Crippen molar-refractivity contribution < 1.29 is 44.6 Å². The van der Waals surface area contributed by atoms with E-state index in [1.54, 1.807) is 12.1 Å². The number of hydrogen-bond donors (Lipinski definition) is 5. The fourth-order valence-corrected chi connectivity index (χ4v) is 2.50. The summed E-state index contributed by atoms with van der Waals surface area (Å²) in [5, 5.41) is 48.7. The molecule has 0 spiro atoms. The minimum Gasteiger partial charge on any atom is -0.453 e. The van der Waals surface area contributed by atoms with E-state index in [9.17, 15) is 25.3 Å². The van der Waals surface area contributed by atoms with Crippen LogP contribution < -0.4 is 9.80 Å². The van der Waals surface area contributed by atoms with E-state index in [1.807, 2.05) is 0 Å². The van der Waals surface area contributed by atoms with E-state index in [0.29, 0.717) is 5.06 Å². The Morgan fingerprint density at radius 3 is 2.54 bits per heavy atom.